The highest BCUT2D eigenvalue weighted by molar-refractivity contribution is 6.36. The van der Waals surface area contributed by atoms with Crippen molar-refractivity contribution in [1.82, 2.24) is 9.78 Å². The Bertz CT molecular complexity index is 1190. The van der Waals surface area contributed by atoms with E-state index in [0.717, 1.165) is 10.2 Å². The van der Waals surface area contributed by atoms with Gasteiger partial charge in [0.1, 0.15) is 6.54 Å². The highest BCUT2D eigenvalue weighted by atomic mass is 35.5. The van der Waals surface area contributed by atoms with Crippen LogP contribution in [0.4, 0.5) is 11.4 Å². The van der Waals surface area contributed by atoms with Crippen LogP contribution in [0.1, 0.15) is 12.5 Å². The summed E-state index contributed by atoms with van der Waals surface area (Å²) < 4.78 is 1.06. The zero-order chi connectivity index (χ0) is 21.8. The molecule has 0 spiro atoms. The van der Waals surface area contributed by atoms with Crippen molar-refractivity contribution in [2.45, 2.75) is 20.4 Å². The second kappa shape index (κ2) is 9.11. The number of nitrogens with zero attached hydrogens (tertiary/aromatic N) is 2. The number of halogens is 2. The molecule has 154 valence electrons. The normalized spacial score (nSPS) is 10.5. The van der Waals surface area contributed by atoms with Crippen molar-refractivity contribution in [1.29, 1.82) is 0 Å². The molecule has 3 rings (SSSR count). The predicted molar refractivity (Wildman–Crippen MR) is 118 cm³/mol. The topological polar surface area (TPSA) is 93.1 Å². The Labute approximate surface area is 182 Å². The number of hydrogen-bond acceptors (Lipinski definition) is 4. The van der Waals surface area contributed by atoms with Gasteiger partial charge >= 0.3 is 0 Å². The van der Waals surface area contributed by atoms with Gasteiger partial charge in [-0.05, 0) is 42.8 Å². The SMILES string of the molecule is CC(=O)Nc1cc(-c2ccc(=O)n(CC(=O)Nc3ccc(Cl)cc3Cl)n2)ccc1C. The third kappa shape index (κ3) is 5.25. The smallest absolute Gasteiger partial charge is 0.267 e. The number of benzene rings is 2. The van der Waals surface area contributed by atoms with Gasteiger partial charge in [0.15, 0.2) is 0 Å². The third-order valence-electron chi connectivity index (χ3n) is 4.21. The number of aromatic nitrogens is 2. The molecule has 0 aliphatic heterocycles. The Kier molecular flexibility index (Phi) is 6.54. The second-order valence-corrected chi connectivity index (χ2v) is 7.44. The molecule has 9 heteroatoms. The molecule has 0 bridgehead atoms. The van der Waals surface area contributed by atoms with E-state index in [1.165, 1.54) is 19.1 Å². The van der Waals surface area contributed by atoms with Crippen LogP contribution in [0.2, 0.25) is 10.0 Å². The molecular weight excluding hydrogens is 427 g/mol. The van der Waals surface area contributed by atoms with E-state index in [2.05, 4.69) is 15.7 Å². The van der Waals surface area contributed by atoms with Crippen molar-refractivity contribution in [2.24, 2.45) is 0 Å². The molecule has 0 aliphatic rings. The molecule has 0 unspecified atom stereocenters. The minimum atomic E-state index is -0.464. The van der Waals surface area contributed by atoms with Crippen molar-refractivity contribution in [3.63, 3.8) is 0 Å². The first-order valence-corrected chi connectivity index (χ1v) is 9.70. The first kappa shape index (κ1) is 21.5. The monoisotopic (exact) mass is 444 g/mol. The maximum Gasteiger partial charge on any atom is 0.267 e. The summed E-state index contributed by atoms with van der Waals surface area (Å²) in [5.41, 5.74) is 2.67. The lowest BCUT2D eigenvalue weighted by molar-refractivity contribution is -0.117. The van der Waals surface area contributed by atoms with Gasteiger partial charge in [0, 0.05) is 29.3 Å². The molecule has 0 saturated carbocycles. The molecule has 1 heterocycles. The molecule has 0 aliphatic carbocycles. The van der Waals surface area contributed by atoms with Crippen LogP contribution in [0.3, 0.4) is 0 Å². The van der Waals surface area contributed by atoms with Crippen LogP contribution in [-0.2, 0) is 16.1 Å². The third-order valence-corrected chi connectivity index (χ3v) is 4.76. The molecule has 7 nitrogen and oxygen atoms in total. The average molecular weight is 445 g/mol. The van der Waals surface area contributed by atoms with Crippen molar-refractivity contribution in [3.05, 3.63) is 74.5 Å². The number of carbonyl (C=O) groups is 2. The van der Waals surface area contributed by atoms with E-state index >= 15 is 0 Å². The summed E-state index contributed by atoms with van der Waals surface area (Å²) in [6.45, 7) is 3.00. The summed E-state index contributed by atoms with van der Waals surface area (Å²) >= 11 is 11.9. The van der Waals surface area contributed by atoms with Crippen LogP contribution >= 0.6 is 23.2 Å². The maximum atomic E-state index is 12.4. The number of hydrogen-bond donors (Lipinski definition) is 2. The Balaban J connectivity index is 1.84. The van der Waals surface area contributed by atoms with E-state index in [0.29, 0.717) is 27.7 Å². The number of rotatable bonds is 5. The first-order valence-electron chi connectivity index (χ1n) is 8.94. The molecular formula is C21H18Cl2N4O3. The maximum absolute atomic E-state index is 12.4. The molecule has 3 aromatic rings. The molecule has 2 amide bonds. The standard InChI is InChI=1S/C21H18Cl2N4O3/c1-12-3-4-14(9-19(12)24-13(2)28)17-7-8-21(30)27(26-17)11-20(29)25-18-6-5-15(22)10-16(18)23/h3-10H,11H2,1-2H3,(H,24,28)(H,25,29). The fraction of sp³-hybridized carbons (Fsp3) is 0.143. The lowest BCUT2D eigenvalue weighted by atomic mass is 10.1. The van der Waals surface area contributed by atoms with Crippen molar-refractivity contribution < 1.29 is 9.59 Å². The van der Waals surface area contributed by atoms with E-state index in [-0.39, 0.29) is 17.5 Å². The van der Waals surface area contributed by atoms with Crippen LogP contribution < -0.4 is 16.2 Å². The lowest BCUT2D eigenvalue weighted by Gasteiger charge is -2.11. The number of nitrogens with one attached hydrogen (secondary N) is 2. The van der Waals surface area contributed by atoms with Crippen LogP contribution in [0.15, 0.2) is 53.3 Å². The van der Waals surface area contributed by atoms with Crippen LogP contribution in [-0.4, -0.2) is 21.6 Å². The average Bonchev–Trinajstić information content (AvgIpc) is 2.67. The minimum absolute atomic E-state index is 0.189. The quantitative estimate of drug-likeness (QED) is 0.618. The van der Waals surface area contributed by atoms with Crippen LogP contribution in [0.25, 0.3) is 11.3 Å². The van der Waals surface area contributed by atoms with E-state index in [1.807, 2.05) is 19.1 Å². The first-order chi connectivity index (χ1) is 14.2. The van der Waals surface area contributed by atoms with E-state index in [9.17, 15) is 14.4 Å². The molecule has 0 saturated heterocycles. The summed E-state index contributed by atoms with van der Waals surface area (Å²) in [6.07, 6.45) is 0. The molecule has 2 aromatic carbocycles. The lowest BCUT2D eigenvalue weighted by Crippen LogP contribution is -2.29. The van der Waals surface area contributed by atoms with Crippen LogP contribution in [0.5, 0.6) is 0 Å². The Morgan fingerprint density at radius 2 is 1.77 bits per heavy atom. The molecule has 0 radical (unpaired) electrons. The summed E-state index contributed by atoms with van der Waals surface area (Å²) in [7, 11) is 0. The van der Waals surface area contributed by atoms with Crippen molar-refractivity contribution >= 4 is 46.4 Å². The van der Waals surface area contributed by atoms with Gasteiger partial charge in [-0.1, -0.05) is 35.3 Å². The van der Waals surface area contributed by atoms with Gasteiger partial charge in [-0.3, -0.25) is 14.4 Å². The van der Waals surface area contributed by atoms with E-state index in [4.69, 9.17) is 23.2 Å². The fourth-order valence-electron chi connectivity index (χ4n) is 2.74. The highest BCUT2D eigenvalue weighted by Gasteiger charge is 2.11. The number of anilines is 2. The summed E-state index contributed by atoms with van der Waals surface area (Å²) in [5, 5.41) is 10.4. The predicted octanol–water partition coefficient (Wildman–Crippen LogP) is 4.12. The minimum Gasteiger partial charge on any atom is -0.326 e. The van der Waals surface area contributed by atoms with Gasteiger partial charge in [0.05, 0.1) is 16.4 Å². The molecule has 30 heavy (non-hydrogen) atoms. The zero-order valence-electron chi connectivity index (χ0n) is 16.2. The largest absolute Gasteiger partial charge is 0.326 e. The summed E-state index contributed by atoms with van der Waals surface area (Å²) in [5.74, 6) is -0.653. The van der Waals surface area contributed by atoms with Gasteiger partial charge in [0.2, 0.25) is 11.8 Å². The highest BCUT2D eigenvalue weighted by Crippen LogP contribution is 2.26. The van der Waals surface area contributed by atoms with Gasteiger partial charge in [-0.15, -0.1) is 0 Å². The zero-order valence-corrected chi connectivity index (χ0v) is 17.7. The summed E-state index contributed by atoms with van der Waals surface area (Å²) in [6, 6.07) is 13.0. The summed E-state index contributed by atoms with van der Waals surface area (Å²) in [4.78, 5) is 36.0. The Hall–Kier alpha value is -3.16. The number of amides is 2. The molecule has 0 atom stereocenters. The van der Waals surface area contributed by atoms with Gasteiger partial charge < -0.3 is 10.6 Å². The van der Waals surface area contributed by atoms with E-state index < -0.39 is 11.5 Å². The van der Waals surface area contributed by atoms with Crippen molar-refractivity contribution in [3.8, 4) is 11.3 Å². The van der Waals surface area contributed by atoms with Gasteiger partial charge in [0.25, 0.3) is 5.56 Å². The molecule has 1 aromatic heterocycles. The van der Waals surface area contributed by atoms with E-state index in [1.54, 1.807) is 24.3 Å². The Morgan fingerprint density at radius 1 is 1.00 bits per heavy atom. The van der Waals surface area contributed by atoms with Crippen molar-refractivity contribution in [2.75, 3.05) is 10.6 Å². The fourth-order valence-corrected chi connectivity index (χ4v) is 3.19. The number of carbonyl (C=O) groups excluding carboxylic acids is 2. The van der Waals surface area contributed by atoms with Gasteiger partial charge in [-0.25, -0.2) is 4.68 Å². The van der Waals surface area contributed by atoms with Crippen LogP contribution in [0, 0.1) is 6.92 Å². The number of aryl methyl sites for hydroxylation is 1. The second-order valence-electron chi connectivity index (χ2n) is 6.60. The van der Waals surface area contributed by atoms with Gasteiger partial charge in [-0.2, -0.15) is 5.10 Å². The molecule has 2 N–H and O–H groups in total. The Morgan fingerprint density at radius 3 is 2.47 bits per heavy atom. The molecule has 0 fully saturated rings.